The largest absolute Gasteiger partial charge is 0.374 e. The highest BCUT2D eigenvalue weighted by molar-refractivity contribution is 6.31. The number of rotatable bonds is 8. The molecule has 0 spiro atoms. The number of hydrogen-bond acceptors (Lipinski definition) is 5. The zero-order chi connectivity index (χ0) is 22.3. The Morgan fingerprint density at radius 3 is 2.59 bits per heavy atom. The lowest BCUT2D eigenvalue weighted by Gasteiger charge is -2.23. The number of aromatic nitrogens is 3. The summed E-state index contributed by atoms with van der Waals surface area (Å²) in [6.45, 7) is 0.856. The second kappa shape index (κ2) is 9.98. The number of anilines is 3. The van der Waals surface area contributed by atoms with E-state index in [1.807, 2.05) is 49.5 Å². The van der Waals surface area contributed by atoms with Crippen LogP contribution in [-0.4, -0.2) is 34.3 Å². The van der Waals surface area contributed by atoms with Crippen molar-refractivity contribution in [2.45, 2.75) is 6.54 Å². The molecule has 0 bridgehead atoms. The zero-order valence-electron chi connectivity index (χ0n) is 17.6. The molecule has 162 valence electrons. The third-order valence-electron chi connectivity index (χ3n) is 4.92. The molecule has 7 nitrogen and oxygen atoms in total. The van der Waals surface area contributed by atoms with Crippen LogP contribution < -0.4 is 15.5 Å². The van der Waals surface area contributed by atoms with Crippen LogP contribution in [0.5, 0.6) is 0 Å². The van der Waals surface area contributed by atoms with E-state index in [2.05, 4.69) is 37.7 Å². The van der Waals surface area contributed by atoms with E-state index >= 15 is 0 Å². The Balaban J connectivity index is 1.44. The number of carbonyl (C=O) groups excluding carboxylic acids is 1. The monoisotopic (exact) mass is 446 g/mol. The first-order chi connectivity index (χ1) is 15.6. The number of nitrogens with one attached hydrogen (secondary N) is 2. The summed E-state index contributed by atoms with van der Waals surface area (Å²) < 4.78 is 1.58. The second-order valence-corrected chi connectivity index (χ2v) is 7.70. The van der Waals surface area contributed by atoms with Gasteiger partial charge in [0.1, 0.15) is 12.7 Å². The highest BCUT2D eigenvalue weighted by atomic mass is 35.5. The lowest BCUT2D eigenvalue weighted by atomic mass is 10.2. The SMILES string of the molecule is CN(Cc1ccccc1)c1ccccc1NCC(=O)Nc1cc(Cl)ccc1-n1cncn1. The van der Waals surface area contributed by atoms with Crippen LogP contribution in [0.3, 0.4) is 0 Å². The van der Waals surface area contributed by atoms with Crippen molar-refractivity contribution in [2.24, 2.45) is 0 Å². The lowest BCUT2D eigenvalue weighted by Crippen LogP contribution is -2.24. The first-order valence-corrected chi connectivity index (χ1v) is 10.5. The van der Waals surface area contributed by atoms with Crippen LogP contribution >= 0.6 is 11.6 Å². The topological polar surface area (TPSA) is 75.1 Å². The van der Waals surface area contributed by atoms with E-state index in [0.29, 0.717) is 16.4 Å². The maximum Gasteiger partial charge on any atom is 0.243 e. The molecule has 0 unspecified atom stereocenters. The van der Waals surface area contributed by atoms with E-state index in [0.717, 1.165) is 17.9 Å². The van der Waals surface area contributed by atoms with Gasteiger partial charge in [-0.15, -0.1) is 0 Å². The molecule has 4 rings (SSSR count). The fourth-order valence-electron chi connectivity index (χ4n) is 3.41. The fraction of sp³-hybridized carbons (Fsp3) is 0.125. The molecule has 1 aromatic heterocycles. The van der Waals surface area contributed by atoms with Crippen LogP contribution in [0.1, 0.15) is 5.56 Å². The van der Waals surface area contributed by atoms with Gasteiger partial charge < -0.3 is 15.5 Å². The third kappa shape index (κ3) is 5.25. The minimum atomic E-state index is -0.200. The van der Waals surface area contributed by atoms with Crippen LogP contribution in [0.15, 0.2) is 85.5 Å². The Labute approximate surface area is 191 Å². The van der Waals surface area contributed by atoms with Crippen LogP contribution in [0, 0.1) is 0 Å². The highest BCUT2D eigenvalue weighted by Crippen LogP contribution is 2.26. The van der Waals surface area contributed by atoms with Gasteiger partial charge in [-0.25, -0.2) is 9.67 Å². The Morgan fingerprint density at radius 2 is 1.81 bits per heavy atom. The molecule has 0 atom stereocenters. The summed E-state index contributed by atoms with van der Waals surface area (Å²) >= 11 is 6.14. The normalized spacial score (nSPS) is 10.6. The van der Waals surface area contributed by atoms with Crippen LogP contribution in [0.4, 0.5) is 17.1 Å². The zero-order valence-corrected chi connectivity index (χ0v) is 18.3. The number of para-hydroxylation sites is 2. The summed E-state index contributed by atoms with van der Waals surface area (Å²) in [4.78, 5) is 18.8. The van der Waals surface area contributed by atoms with Crippen molar-refractivity contribution in [3.8, 4) is 5.69 Å². The van der Waals surface area contributed by atoms with Gasteiger partial charge >= 0.3 is 0 Å². The van der Waals surface area contributed by atoms with Crippen molar-refractivity contribution in [3.63, 3.8) is 0 Å². The number of carbonyl (C=O) groups is 1. The molecule has 0 aliphatic rings. The molecule has 0 saturated carbocycles. The average molecular weight is 447 g/mol. The first-order valence-electron chi connectivity index (χ1n) is 10.1. The van der Waals surface area contributed by atoms with Gasteiger partial charge in [-0.3, -0.25) is 4.79 Å². The van der Waals surface area contributed by atoms with Crippen molar-refractivity contribution in [1.29, 1.82) is 0 Å². The molecule has 0 saturated heterocycles. The Hall–Kier alpha value is -3.84. The molecular formula is C24H23ClN6O. The highest BCUT2D eigenvalue weighted by Gasteiger charge is 2.12. The molecule has 0 aliphatic carbocycles. The molecule has 1 heterocycles. The van der Waals surface area contributed by atoms with E-state index in [1.54, 1.807) is 29.2 Å². The number of amides is 1. The number of nitrogens with zero attached hydrogens (tertiary/aromatic N) is 4. The van der Waals surface area contributed by atoms with Gasteiger partial charge in [-0.2, -0.15) is 5.10 Å². The molecule has 8 heteroatoms. The Bertz CT molecular complexity index is 1180. The third-order valence-corrected chi connectivity index (χ3v) is 5.15. The lowest BCUT2D eigenvalue weighted by molar-refractivity contribution is -0.114. The van der Waals surface area contributed by atoms with E-state index < -0.39 is 0 Å². The predicted molar refractivity (Wildman–Crippen MR) is 128 cm³/mol. The first kappa shape index (κ1) is 21.4. The van der Waals surface area contributed by atoms with Gasteiger partial charge in [0, 0.05) is 18.6 Å². The molecule has 0 radical (unpaired) electrons. The Kier molecular flexibility index (Phi) is 6.67. The summed E-state index contributed by atoms with van der Waals surface area (Å²) in [5, 5.41) is 10.8. The van der Waals surface area contributed by atoms with E-state index in [-0.39, 0.29) is 12.5 Å². The maximum atomic E-state index is 12.7. The van der Waals surface area contributed by atoms with Crippen LogP contribution in [0.25, 0.3) is 5.69 Å². The van der Waals surface area contributed by atoms with Crippen LogP contribution in [-0.2, 0) is 11.3 Å². The Morgan fingerprint density at radius 1 is 1.03 bits per heavy atom. The van der Waals surface area contributed by atoms with Crippen molar-refractivity contribution >= 4 is 34.6 Å². The molecule has 0 fully saturated rings. The minimum absolute atomic E-state index is 0.0967. The summed E-state index contributed by atoms with van der Waals surface area (Å²) in [5.74, 6) is -0.200. The average Bonchev–Trinajstić information content (AvgIpc) is 3.33. The van der Waals surface area contributed by atoms with Crippen molar-refractivity contribution in [2.75, 3.05) is 29.1 Å². The molecule has 4 aromatic rings. The van der Waals surface area contributed by atoms with E-state index in [1.165, 1.54) is 11.9 Å². The molecular weight excluding hydrogens is 424 g/mol. The molecule has 0 aliphatic heterocycles. The molecule has 1 amide bonds. The van der Waals surface area contributed by atoms with Gasteiger partial charge in [0.2, 0.25) is 5.91 Å². The van der Waals surface area contributed by atoms with Gasteiger partial charge in [0.15, 0.2) is 0 Å². The molecule has 3 aromatic carbocycles. The minimum Gasteiger partial charge on any atom is -0.374 e. The predicted octanol–water partition coefficient (Wildman–Crippen LogP) is 4.61. The maximum absolute atomic E-state index is 12.7. The standard InChI is InChI=1S/C24H23ClN6O/c1-30(15-18-7-3-2-4-8-18)22-10-6-5-9-20(22)27-14-24(32)29-21-13-19(25)11-12-23(21)31-17-26-16-28-31/h2-13,16-17,27H,14-15H2,1H3,(H,29,32). The van der Waals surface area contributed by atoms with E-state index in [9.17, 15) is 4.79 Å². The fourth-order valence-corrected chi connectivity index (χ4v) is 3.58. The van der Waals surface area contributed by atoms with E-state index in [4.69, 9.17) is 11.6 Å². The summed E-state index contributed by atoms with van der Waals surface area (Å²) in [6, 6.07) is 23.4. The van der Waals surface area contributed by atoms with Gasteiger partial charge in [-0.05, 0) is 35.9 Å². The number of benzene rings is 3. The summed E-state index contributed by atoms with van der Waals surface area (Å²) in [6.07, 6.45) is 3.00. The smallest absolute Gasteiger partial charge is 0.243 e. The molecule has 2 N–H and O–H groups in total. The van der Waals surface area contributed by atoms with Crippen LogP contribution in [0.2, 0.25) is 5.02 Å². The summed E-state index contributed by atoms with van der Waals surface area (Å²) in [5.41, 5.74) is 4.34. The number of hydrogen-bond donors (Lipinski definition) is 2. The van der Waals surface area contributed by atoms with Crippen molar-refractivity contribution < 1.29 is 4.79 Å². The van der Waals surface area contributed by atoms with Gasteiger partial charge in [-0.1, -0.05) is 54.1 Å². The van der Waals surface area contributed by atoms with Crippen molar-refractivity contribution in [3.05, 3.63) is 96.0 Å². The molecule has 32 heavy (non-hydrogen) atoms. The van der Waals surface area contributed by atoms with Gasteiger partial charge in [0.25, 0.3) is 0 Å². The number of halogens is 1. The van der Waals surface area contributed by atoms with Gasteiger partial charge in [0.05, 0.1) is 29.3 Å². The van der Waals surface area contributed by atoms with Crippen molar-refractivity contribution in [1.82, 2.24) is 14.8 Å². The summed E-state index contributed by atoms with van der Waals surface area (Å²) in [7, 11) is 2.03. The quantitative estimate of drug-likeness (QED) is 0.413. The second-order valence-electron chi connectivity index (χ2n) is 7.26.